The van der Waals surface area contributed by atoms with E-state index >= 15 is 0 Å². The summed E-state index contributed by atoms with van der Waals surface area (Å²) in [5.41, 5.74) is 3.01. The molecule has 0 fully saturated rings. The first-order valence-electron chi connectivity index (χ1n) is 5.34. The number of hydrogen-bond donors (Lipinski definition) is 0. The average Bonchev–Trinajstić information content (AvgIpc) is 2.39. The lowest BCUT2D eigenvalue weighted by Gasteiger charge is -2.01. The van der Waals surface area contributed by atoms with Crippen molar-refractivity contribution in [3.05, 3.63) is 54.2 Å². The summed E-state index contributed by atoms with van der Waals surface area (Å²) in [6.07, 6.45) is 2.06. The number of rotatable bonds is 2. The van der Waals surface area contributed by atoms with Crippen LogP contribution in [0.2, 0.25) is 0 Å². The number of pyridine rings is 1. The van der Waals surface area contributed by atoms with Gasteiger partial charge in [0.25, 0.3) is 0 Å². The van der Waals surface area contributed by atoms with E-state index in [0.717, 1.165) is 12.1 Å². The number of halogens is 1. The minimum Gasteiger partial charge on any atom is -1.00 e. The summed E-state index contributed by atoms with van der Waals surface area (Å²) in [5, 5.41) is 8.74. The van der Waals surface area contributed by atoms with E-state index < -0.39 is 0 Å². The molecule has 2 rings (SSSR count). The van der Waals surface area contributed by atoms with Gasteiger partial charge < -0.3 is 24.0 Å². The highest BCUT2D eigenvalue weighted by molar-refractivity contribution is 5.57. The van der Waals surface area contributed by atoms with Gasteiger partial charge in [-0.25, -0.2) is 0 Å². The van der Waals surface area contributed by atoms with Crippen LogP contribution in [-0.4, -0.2) is 0 Å². The second-order valence-corrected chi connectivity index (χ2v) is 3.56. The Kier molecular flexibility index (Phi) is 5.11. The maximum absolute atomic E-state index is 8.74. The van der Waals surface area contributed by atoms with E-state index in [9.17, 15) is 0 Å². The predicted molar refractivity (Wildman–Crippen MR) is 62.5 cm³/mol. The van der Waals surface area contributed by atoms with Gasteiger partial charge >= 0.3 is 0 Å². The third-order valence-electron chi connectivity index (χ3n) is 2.59. The second kappa shape index (κ2) is 6.36. The number of nitriles is 1. The van der Waals surface area contributed by atoms with E-state index in [-0.39, 0.29) is 24.0 Å². The maximum Gasteiger partial charge on any atom is 0.212 e. The molecule has 1 heterocycles. The lowest BCUT2D eigenvalue weighted by molar-refractivity contribution is -0.682. The fourth-order valence-corrected chi connectivity index (χ4v) is 1.73. The highest BCUT2D eigenvalue weighted by Gasteiger charge is 2.09. The van der Waals surface area contributed by atoms with E-state index in [1.54, 1.807) is 0 Å². The Morgan fingerprint density at radius 2 is 1.82 bits per heavy atom. The minimum absolute atomic E-state index is 0. The van der Waals surface area contributed by atoms with Crippen LogP contribution in [0.3, 0.4) is 0 Å². The first kappa shape index (κ1) is 13.7. The van der Waals surface area contributed by atoms with Crippen LogP contribution in [0.25, 0.3) is 11.3 Å². The molecule has 2 nitrogen and oxygen atoms in total. The predicted octanol–water partition coefficient (Wildman–Crippen LogP) is -0.463. The van der Waals surface area contributed by atoms with E-state index in [4.69, 9.17) is 5.26 Å². The standard InChI is InChI=1S/C14H13N2.HI/c1-2-16-10-4-3-5-14(16)13-8-6-12(11-15)7-9-13;/h3-10H,2H2,1H3;1H/q+1;/p-1. The minimum atomic E-state index is 0. The van der Waals surface area contributed by atoms with E-state index in [0.29, 0.717) is 5.56 Å². The van der Waals surface area contributed by atoms with Gasteiger partial charge in [-0.15, -0.1) is 0 Å². The first-order chi connectivity index (χ1) is 7.85. The number of hydrogen-bond acceptors (Lipinski definition) is 1. The van der Waals surface area contributed by atoms with Gasteiger partial charge in [0, 0.05) is 17.7 Å². The molecule has 86 valence electrons. The molecule has 0 radical (unpaired) electrons. The van der Waals surface area contributed by atoms with Crippen molar-refractivity contribution in [3.8, 4) is 17.3 Å². The molecule has 0 atom stereocenters. The Hall–Kier alpha value is -1.41. The van der Waals surface area contributed by atoms with Crippen LogP contribution in [0.5, 0.6) is 0 Å². The molecule has 0 saturated heterocycles. The molecule has 0 aliphatic heterocycles. The molecular formula is C14H13IN2. The molecule has 0 unspecified atom stereocenters. The Morgan fingerprint density at radius 3 is 2.41 bits per heavy atom. The maximum atomic E-state index is 8.74. The van der Waals surface area contributed by atoms with E-state index in [1.807, 2.05) is 36.4 Å². The zero-order valence-electron chi connectivity index (χ0n) is 9.60. The summed E-state index contributed by atoms with van der Waals surface area (Å²) in [6, 6.07) is 15.9. The molecule has 1 aromatic heterocycles. The Morgan fingerprint density at radius 1 is 1.12 bits per heavy atom. The Labute approximate surface area is 119 Å². The molecule has 0 amide bonds. The van der Waals surface area contributed by atoms with Gasteiger partial charge in [-0.05, 0) is 37.3 Å². The first-order valence-corrected chi connectivity index (χ1v) is 5.34. The van der Waals surface area contributed by atoms with Crippen molar-refractivity contribution < 1.29 is 28.5 Å². The number of aromatic nitrogens is 1. The monoisotopic (exact) mass is 336 g/mol. The molecule has 0 N–H and O–H groups in total. The van der Waals surface area contributed by atoms with Crippen LogP contribution in [0.1, 0.15) is 12.5 Å². The summed E-state index contributed by atoms with van der Waals surface area (Å²) in [7, 11) is 0. The van der Waals surface area contributed by atoms with Crippen LogP contribution in [0.4, 0.5) is 0 Å². The summed E-state index contributed by atoms with van der Waals surface area (Å²) in [6.45, 7) is 3.06. The lowest BCUT2D eigenvalue weighted by atomic mass is 10.1. The molecule has 0 aliphatic rings. The van der Waals surface area contributed by atoms with Gasteiger partial charge in [-0.1, -0.05) is 0 Å². The Balaban J connectivity index is 0.00000144. The molecule has 0 bridgehead atoms. The van der Waals surface area contributed by atoms with Crippen molar-refractivity contribution in [1.82, 2.24) is 0 Å². The van der Waals surface area contributed by atoms with Crippen molar-refractivity contribution >= 4 is 0 Å². The topological polar surface area (TPSA) is 27.7 Å². The summed E-state index contributed by atoms with van der Waals surface area (Å²) < 4.78 is 2.18. The average molecular weight is 336 g/mol. The van der Waals surface area contributed by atoms with Gasteiger partial charge in [0.05, 0.1) is 11.6 Å². The van der Waals surface area contributed by atoms with Gasteiger partial charge in [-0.2, -0.15) is 9.83 Å². The summed E-state index contributed by atoms with van der Waals surface area (Å²) in [4.78, 5) is 0. The van der Waals surface area contributed by atoms with E-state index in [1.165, 1.54) is 5.69 Å². The van der Waals surface area contributed by atoms with Crippen LogP contribution in [-0.2, 0) is 6.54 Å². The lowest BCUT2D eigenvalue weighted by Crippen LogP contribution is -3.00. The van der Waals surface area contributed by atoms with Crippen molar-refractivity contribution in [2.24, 2.45) is 0 Å². The van der Waals surface area contributed by atoms with Crippen LogP contribution >= 0.6 is 0 Å². The molecule has 17 heavy (non-hydrogen) atoms. The summed E-state index contributed by atoms with van der Waals surface area (Å²) in [5.74, 6) is 0. The van der Waals surface area contributed by atoms with Crippen molar-refractivity contribution in [1.29, 1.82) is 5.26 Å². The number of nitrogens with zero attached hydrogens (tertiary/aromatic N) is 2. The second-order valence-electron chi connectivity index (χ2n) is 3.56. The fourth-order valence-electron chi connectivity index (χ4n) is 1.73. The zero-order valence-corrected chi connectivity index (χ0v) is 11.8. The van der Waals surface area contributed by atoms with Gasteiger partial charge in [0.15, 0.2) is 6.20 Å². The fraction of sp³-hybridized carbons (Fsp3) is 0.143. The van der Waals surface area contributed by atoms with Crippen molar-refractivity contribution in [3.63, 3.8) is 0 Å². The molecule has 1 aromatic carbocycles. The molecular weight excluding hydrogens is 323 g/mol. The SMILES string of the molecule is CC[n+]1ccccc1-c1ccc(C#N)cc1.[I-]. The van der Waals surface area contributed by atoms with Gasteiger partial charge in [0.2, 0.25) is 5.69 Å². The molecule has 0 aliphatic carbocycles. The Bertz CT molecular complexity index is 527. The van der Waals surface area contributed by atoms with Crippen LogP contribution < -0.4 is 28.5 Å². The van der Waals surface area contributed by atoms with Gasteiger partial charge in [-0.3, -0.25) is 0 Å². The summed E-state index contributed by atoms with van der Waals surface area (Å²) >= 11 is 0. The third kappa shape index (κ3) is 3.04. The molecule has 0 saturated carbocycles. The third-order valence-corrected chi connectivity index (χ3v) is 2.59. The largest absolute Gasteiger partial charge is 1.00 e. The van der Waals surface area contributed by atoms with Gasteiger partial charge in [0.1, 0.15) is 6.54 Å². The normalized spacial score (nSPS) is 9.18. The van der Waals surface area contributed by atoms with Crippen molar-refractivity contribution in [2.45, 2.75) is 13.5 Å². The quantitative estimate of drug-likeness (QED) is 0.539. The smallest absolute Gasteiger partial charge is 0.212 e. The molecule has 0 spiro atoms. The van der Waals surface area contributed by atoms with Crippen LogP contribution in [0, 0.1) is 11.3 Å². The number of aryl methyl sites for hydroxylation is 1. The molecule has 2 aromatic rings. The highest BCUT2D eigenvalue weighted by atomic mass is 127. The van der Waals surface area contributed by atoms with E-state index in [2.05, 4.69) is 29.8 Å². The highest BCUT2D eigenvalue weighted by Crippen LogP contribution is 2.15. The number of benzene rings is 1. The van der Waals surface area contributed by atoms with Crippen molar-refractivity contribution in [2.75, 3.05) is 0 Å². The van der Waals surface area contributed by atoms with Crippen LogP contribution in [0.15, 0.2) is 48.7 Å². The zero-order chi connectivity index (χ0) is 11.4. The molecule has 3 heteroatoms.